The van der Waals surface area contributed by atoms with Crippen LogP contribution in [0.5, 0.6) is 0 Å². The number of ether oxygens (including phenoxy) is 1. The van der Waals surface area contributed by atoms with Gasteiger partial charge in [-0.15, -0.1) is 11.8 Å². The molecule has 0 N–H and O–H groups in total. The Morgan fingerprint density at radius 1 is 1.57 bits per heavy atom. The Morgan fingerprint density at radius 3 is 2.86 bits per heavy atom. The van der Waals surface area contributed by atoms with Gasteiger partial charge in [-0.25, -0.2) is 4.39 Å². The van der Waals surface area contributed by atoms with Gasteiger partial charge in [0.1, 0.15) is 5.82 Å². The first-order valence-electron chi connectivity index (χ1n) is 3.92. The van der Waals surface area contributed by atoms with E-state index in [1.165, 1.54) is 23.9 Å². The molecule has 76 valence electrons. The Bertz CT molecular complexity index is 321. The highest BCUT2D eigenvalue weighted by atomic mass is 79.9. The SMILES string of the molecule is C=C(CSc1cc(F)cc(Br)c1)OC. The topological polar surface area (TPSA) is 9.23 Å². The van der Waals surface area contributed by atoms with Crippen molar-refractivity contribution in [1.82, 2.24) is 0 Å². The first kappa shape index (κ1) is 11.6. The van der Waals surface area contributed by atoms with Crippen molar-refractivity contribution in [2.45, 2.75) is 4.90 Å². The van der Waals surface area contributed by atoms with E-state index in [0.717, 1.165) is 9.37 Å². The Hall–Kier alpha value is -0.480. The molecule has 1 rings (SSSR count). The van der Waals surface area contributed by atoms with E-state index in [0.29, 0.717) is 11.5 Å². The molecule has 0 fully saturated rings. The maximum Gasteiger partial charge on any atom is 0.125 e. The first-order chi connectivity index (χ1) is 6.61. The van der Waals surface area contributed by atoms with Crippen molar-refractivity contribution in [2.24, 2.45) is 0 Å². The molecule has 0 amide bonds. The molecule has 0 aliphatic rings. The van der Waals surface area contributed by atoms with E-state index < -0.39 is 0 Å². The summed E-state index contributed by atoms with van der Waals surface area (Å²) in [5.74, 6) is 1.06. The van der Waals surface area contributed by atoms with Crippen LogP contribution in [0.2, 0.25) is 0 Å². The van der Waals surface area contributed by atoms with Crippen molar-refractivity contribution >= 4 is 27.7 Å². The van der Waals surface area contributed by atoms with Crippen LogP contribution in [0.4, 0.5) is 4.39 Å². The van der Waals surface area contributed by atoms with Crippen LogP contribution in [0.15, 0.2) is 39.9 Å². The average molecular weight is 277 g/mol. The summed E-state index contributed by atoms with van der Waals surface area (Å²) in [6, 6.07) is 4.77. The van der Waals surface area contributed by atoms with Gasteiger partial charge in [0.15, 0.2) is 0 Å². The number of rotatable bonds is 4. The van der Waals surface area contributed by atoms with Crippen molar-refractivity contribution in [3.05, 3.63) is 40.8 Å². The maximum atomic E-state index is 12.9. The fourth-order valence-electron chi connectivity index (χ4n) is 0.835. The van der Waals surface area contributed by atoms with Gasteiger partial charge in [0.25, 0.3) is 0 Å². The van der Waals surface area contributed by atoms with Crippen LogP contribution in [0.3, 0.4) is 0 Å². The fourth-order valence-corrected chi connectivity index (χ4v) is 2.30. The summed E-state index contributed by atoms with van der Waals surface area (Å²) >= 11 is 4.72. The van der Waals surface area contributed by atoms with Crippen LogP contribution >= 0.6 is 27.7 Å². The van der Waals surface area contributed by atoms with Gasteiger partial charge >= 0.3 is 0 Å². The summed E-state index contributed by atoms with van der Waals surface area (Å²) in [4.78, 5) is 0.857. The molecule has 4 heteroatoms. The zero-order chi connectivity index (χ0) is 10.6. The molecule has 1 aromatic rings. The quantitative estimate of drug-likeness (QED) is 0.611. The van der Waals surface area contributed by atoms with E-state index in [1.807, 2.05) is 6.07 Å². The van der Waals surface area contributed by atoms with Crippen LogP contribution in [0, 0.1) is 5.82 Å². The van der Waals surface area contributed by atoms with Crippen molar-refractivity contribution < 1.29 is 9.13 Å². The second-order valence-corrected chi connectivity index (χ2v) is 4.60. The lowest BCUT2D eigenvalue weighted by Crippen LogP contribution is -1.88. The van der Waals surface area contributed by atoms with E-state index >= 15 is 0 Å². The first-order valence-corrected chi connectivity index (χ1v) is 5.70. The van der Waals surface area contributed by atoms with Gasteiger partial charge in [0.05, 0.1) is 18.6 Å². The van der Waals surface area contributed by atoms with Gasteiger partial charge < -0.3 is 4.74 Å². The standard InChI is InChI=1S/C10H10BrFOS/c1-7(13-2)6-14-10-4-8(11)3-9(12)5-10/h3-5H,1,6H2,2H3. The highest BCUT2D eigenvalue weighted by molar-refractivity contribution is 9.10. The normalized spacial score (nSPS) is 9.93. The van der Waals surface area contributed by atoms with E-state index in [4.69, 9.17) is 4.74 Å². The van der Waals surface area contributed by atoms with E-state index in [2.05, 4.69) is 22.5 Å². The monoisotopic (exact) mass is 276 g/mol. The smallest absolute Gasteiger partial charge is 0.125 e. The van der Waals surface area contributed by atoms with Crippen molar-refractivity contribution in [3.63, 3.8) is 0 Å². The van der Waals surface area contributed by atoms with E-state index in [1.54, 1.807) is 7.11 Å². The molecule has 1 nitrogen and oxygen atoms in total. The minimum absolute atomic E-state index is 0.245. The molecule has 0 aliphatic heterocycles. The summed E-state index contributed by atoms with van der Waals surface area (Å²) in [6.07, 6.45) is 0. The number of benzene rings is 1. The predicted molar refractivity (Wildman–Crippen MR) is 61.0 cm³/mol. The van der Waals surface area contributed by atoms with Crippen molar-refractivity contribution in [3.8, 4) is 0 Å². The second-order valence-electron chi connectivity index (χ2n) is 2.64. The van der Waals surface area contributed by atoms with E-state index in [9.17, 15) is 4.39 Å². The van der Waals surface area contributed by atoms with Crippen LogP contribution < -0.4 is 0 Å². The third kappa shape index (κ3) is 3.72. The molecule has 0 heterocycles. The summed E-state index contributed by atoms with van der Waals surface area (Å²) < 4.78 is 18.6. The van der Waals surface area contributed by atoms with Gasteiger partial charge in [-0.05, 0) is 18.2 Å². The number of hydrogen-bond acceptors (Lipinski definition) is 2. The average Bonchev–Trinajstić information content (AvgIpc) is 2.12. The second kappa shape index (κ2) is 5.41. The lowest BCUT2D eigenvalue weighted by Gasteiger charge is -2.04. The zero-order valence-corrected chi connectivity index (χ0v) is 10.1. The highest BCUT2D eigenvalue weighted by Crippen LogP contribution is 2.25. The number of methoxy groups -OCH3 is 1. The van der Waals surface area contributed by atoms with E-state index in [-0.39, 0.29) is 5.82 Å². The van der Waals surface area contributed by atoms with Crippen molar-refractivity contribution in [2.75, 3.05) is 12.9 Å². The van der Waals surface area contributed by atoms with Gasteiger partial charge in [-0.3, -0.25) is 0 Å². The summed E-state index contributed by atoms with van der Waals surface area (Å²) in [5.41, 5.74) is 0. The molecule has 0 aliphatic carbocycles. The maximum absolute atomic E-state index is 12.9. The summed E-state index contributed by atoms with van der Waals surface area (Å²) in [7, 11) is 1.57. The predicted octanol–water partition coefficient (Wildman–Crippen LogP) is 3.84. The molecule has 0 aromatic heterocycles. The number of halogens is 2. The van der Waals surface area contributed by atoms with Gasteiger partial charge in [0, 0.05) is 9.37 Å². The molecular weight excluding hydrogens is 267 g/mol. The van der Waals surface area contributed by atoms with Crippen LogP contribution in [0.25, 0.3) is 0 Å². The van der Waals surface area contributed by atoms with Crippen molar-refractivity contribution in [1.29, 1.82) is 0 Å². The highest BCUT2D eigenvalue weighted by Gasteiger charge is 2.01. The van der Waals surface area contributed by atoms with Gasteiger partial charge in [-0.1, -0.05) is 22.5 Å². The molecular formula is C10H10BrFOS. The lowest BCUT2D eigenvalue weighted by molar-refractivity contribution is 0.298. The molecule has 14 heavy (non-hydrogen) atoms. The molecule has 0 atom stereocenters. The van der Waals surface area contributed by atoms with Crippen LogP contribution in [-0.4, -0.2) is 12.9 Å². The summed E-state index contributed by atoms with van der Waals surface area (Å²) in [6.45, 7) is 3.68. The number of thioether (sulfide) groups is 1. The third-order valence-electron chi connectivity index (χ3n) is 1.52. The molecule has 0 saturated heterocycles. The molecule has 1 aromatic carbocycles. The van der Waals surface area contributed by atoms with Gasteiger partial charge in [-0.2, -0.15) is 0 Å². The number of hydrogen-bond donors (Lipinski definition) is 0. The molecule has 0 unspecified atom stereocenters. The molecule has 0 saturated carbocycles. The lowest BCUT2D eigenvalue weighted by atomic mass is 10.3. The zero-order valence-electron chi connectivity index (χ0n) is 7.72. The fraction of sp³-hybridized carbons (Fsp3) is 0.200. The minimum atomic E-state index is -0.245. The third-order valence-corrected chi connectivity index (χ3v) is 3.02. The Balaban J connectivity index is 2.63. The van der Waals surface area contributed by atoms with Gasteiger partial charge in [0.2, 0.25) is 0 Å². The molecule has 0 radical (unpaired) electrons. The largest absolute Gasteiger partial charge is 0.501 e. The Kier molecular flexibility index (Phi) is 4.48. The Labute approximate surface area is 95.5 Å². The van der Waals surface area contributed by atoms with Crippen LogP contribution in [-0.2, 0) is 4.74 Å². The Morgan fingerprint density at radius 2 is 2.29 bits per heavy atom. The summed E-state index contributed by atoms with van der Waals surface area (Å²) in [5, 5.41) is 0. The van der Waals surface area contributed by atoms with Crippen LogP contribution in [0.1, 0.15) is 0 Å². The minimum Gasteiger partial charge on any atom is -0.501 e. The molecule has 0 bridgehead atoms. The molecule has 0 spiro atoms.